The normalized spacial score (nSPS) is 10.7. The third-order valence-corrected chi connectivity index (χ3v) is 3.77. The summed E-state index contributed by atoms with van der Waals surface area (Å²) in [5.41, 5.74) is 2.17. The van der Waals surface area contributed by atoms with Crippen LogP contribution in [0.15, 0.2) is 34.7 Å². The van der Waals surface area contributed by atoms with E-state index in [0.29, 0.717) is 44.8 Å². The summed E-state index contributed by atoms with van der Waals surface area (Å²) in [5.74, 6) is 1.12. The van der Waals surface area contributed by atoms with E-state index in [1.54, 1.807) is 37.3 Å². The highest BCUT2D eigenvalue weighted by Gasteiger charge is 2.15. The van der Waals surface area contributed by atoms with E-state index in [-0.39, 0.29) is 5.91 Å². The maximum Gasteiger partial charge on any atom is 0.255 e. The Morgan fingerprint density at radius 2 is 1.92 bits per heavy atom. The van der Waals surface area contributed by atoms with Gasteiger partial charge in [-0.05, 0) is 18.2 Å². The van der Waals surface area contributed by atoms with Crippen molar-refractivity contribution in [2.24, 2.45) is 0 Å². The van der Waals surface area contributed by atoms with Crippen molar-refractivity contribution in [2.45, 2.75) is 6.92 Å². The van der Waals surface area contributed by atoms with Crippen LogP contribution in [0.5, 0.6) is 11.5 Å². The molecule has 0 saturated heterocycles. The van der Waals surface area contributed by atoms with Crippen molar-refractivity contribution in [3.8, 4) is 11.5 Å². The molecule has 6 nitrogen and oxygen atoms in total. The Hall–Kier alpha value is -2.73. The number of carbonyl (C=O) groups is 1. The fourth-order valence-corrected chi connectivity index (χ4v) is 2.57. The molecule has 124 valence electrons. The summed E-state index contributed by atoms with van der Waals surface area (Å²) in [6.07, 6.45) is 0. The molecular formula is C17H15ClN2O4. The zero-order valence-corrected chi connectivity index (χ0v) is 14.1. The van der Waals surface area contributed by atoms with Crippen molar-refractivity contribution < 1.29 is 18.7 Å². The number of aryl methyl sites for hydroxylation is 1. The van der Waals surface area contributed by atoms with Crippen molar-refractivity contribution in [3.63, 3.8) is 0 Å². The van der Waals surface area contributed by atoms with Crippen LogP contribution in [0.3, 0.4) is 0 Å². The molecule has 0 fully saturated rings. The van der Waals surface area contributed by atoms with E-state index in [4.69, 9.17) is 25.5 Å². The molecule has 1 aromatic heterocycles. The van der Waals surface area contributed by atoms with Crippen molar-refractivity contribution in [1.82, 2.24) is 4.98 Å². The second-order valence-electron chi connectivity index (χ2n) is 5.06. The minimum Gasteiger partial charge on any atom is -0.495 e. The Kier molecular flexibility index (Phi) is 4.31. The third kappa shape index (κ3) is 3.00. The van der Waals surface area contributed by atoms with Crippen LogP contribution in [0, 0.1) is 6.92 Å². The molecule has 3 rings (SSSR count). The molecule has 0 bridgehead atoms. The predicted molar refractivity (Wildman–Crippen MR) is 91.3 cm³/mol. The van der Waals surface area contributed by atoms with Crippen molar-refractivity contribution >= 4 is 34.3 Å². The number of amides is 1. The molecule has 0 spiro atoms. The monoisotopic (exact) mass is 346 g/mol. The lowest BCUT2D eigenvalue weighted by Crippen LogP contribution is -2.12. The van der Waals surface area contributed by atoms with Crippen LogP contribution in [0.25, 0.3) is 11.1 Å². The van der Waals surface area contributed by atoms with E-state index in [0.717, 1.165) is 0 Å². The van der Waals surface area contributed by atoms with E-state index in [9.17, 15) is 4.79 Å². The van der Waals surface area contributed by atoms with Gasteiger partial charge >= 0.3 is 0 Å². The number of nitrogens with one attached hydrogen (secondary N) is 1. The van der Waals surface area contributed by atoms with E-state index in [1.807, 2.05) is 0 Å². The standard InChI is InChI=1S/C17H15ClN2O4/c1-9-19-12-6-10(4-5-14(12)24-9)17(21)20-13-8-15(22-2)11(18)7-16(13)23-3/h4-8H,1-3H3,(H,20,21). The van der Waals surface area contributed by atoms with Gasteiger partial charge in [0.2, 0.25) is 0 Å². The highest BCUT2D eigenvalue weighted by Crippen LogP contribution is 2.36. The minimum atomic E-state index is -0.305. The zero-order valence-electron chi connectivity index (χ0n) is 13.3. The molecule has 2 aromatic carbocycles. The van der Waals surface area contributed by atoms with Crippen LogP contribution in [0.2, 0.25) is 5.02 Å². The van der Waals surface area contributed by atoms with Gasteiger partial charge < -0.3 is 19.2 Å². The largest absolute Gasteiger partial charge is 0.495 e. The summed E-state index contributed by atoms with van der Waals surface area (Å²) in [6.45, 7) is 1.75. The number of hydrogen-bond acceptors (Lipinski definition) is 5. The minimum absolute atomic E-state index is 0.305. The molecule has 0 radical (unpaired) electrons. The SMILES string of the molecule is COc1cc(NC(=O)c2ccc3oc(C)nc3c2)c(OC)cc1Cl. The molecule has 3 aromatic rings. The van der Waals surface area contributed by atoms with Gasteiger partial charge in [0.1, 0.15) is 17.0 Å². The highest BCUT2D eigenvalue weighted by atomic mass is 35.5. The molecular weight excluding hydrogens is 332 g/mol. The summed E-state index contributed by atoms with van der Waals surface area (Å²) in [6, 6.07) is 8.24. The number of methoxy groups -OCH3 is 2. The molecule has 7 heteroatoms. The van der Waals surface area contributed by atoms with E-state index < -0.39 is 0 Å². The van der Waals surface area contributed by atoms with Gasteiger partial charge in [0.05, 0.1) is 24.9 Å². The maximum absolute atomic E-state index is 12.5. The fraction of sp³-hybridized carbons (Fsp3) is 0.176. The van der Waals surface area contributed by atoms with Crippen molar-refractivity contribution in [3.05, 3.63) is 46.8 Å². The number of hydrogen-bond donors (Lipinski definition) is 1. The molecule has 24 heavy (non-hydrogen) atoms. The number of nitrogens with zero attached hydrogens (tertiary/aromatic N) is 1. The van der Waals surface area contributed by atoms with E-state index >= 15 is 0 Å². The summed E-state index contributed by atoms with van der Waals surface area (Å²) in [4.78, 5) is 16.7. The number of carbonyl (C=O) groups excluding carboxylic acids is 1. The molecule has 0 aliphatic heterocycles. The predicted octanol–water partition coefficient (Wildman–Crippen LogP) is 4.06. The van der Waals surface area contributed by atoms with Gasteiger partial charge in [-0.3, -0.25) is 4.79 Å². The molecule has 0 atom stereocenters. The Morgan fingerprint density at radius 1 is 1.17 bits per heavy atom. The van der Waals surface area contributed by atoms with E-state index in [1.165, 1.54) is 14.2 Å². The van der Waals surface area contributed by atoms with Crippen LogP contribution in [0.1, 0.15) is 16.2 Å². The number of benzene rings is 2. The molecule has 0 unspecified atom stereocenters. The average molecular weight is 347 g/mol. The van der Waals surface area contributed by atoms with Crippen LogP contribution in [-0.2, 0) is 0 Å². The maximum atomic E-state index is 12.5. The van der Waals surface area contributed by atoms with Gasteiger partial charge in [0.25, 0.3) is 5.91 Å². The lowest BCUT2D eigenvalue weighted by atomic mass is 10.2. The molecule has 0 saturated carbocycles. The molecule has 0 aliphatic carbocycles. The number of oxazole rings is 1. The topological polar surface area (TPSA) is 73.6 Å². The Morgan fingerprint density at radius 3 is 2.62 bits per heavy atom. The highest BCUT2D eigenvalue weighted by molar-refractivity contribution is 6.32. The average Bonchev–Trinajstić information content (AvgIpc) is 2.94. The first-order chi connectivity index (χ1) is 11.5. The van der Waals surface area contributed by atoms with Gasteiger partial charge in [0, 0.05) is 24.6 Å². The van der Waals surface area contributed by atoms with Gasteiger partial charge in [0.15, 0.2) is 11.5 Å². The molecule has 1 amide bonds. The van der Waals surface area contributed by atoms with Crippen molar-refractivity contribution in [2.75, 3.05) is 19.5 Å². The van der Waals surface area contributed by atoms with Gasteiger partial charge in [-0.2, -0.15) is 0 Å². The van der Waals surface area contributed by atoms with Crippen LogP contribution < -0.4 is 14.8 Å². The third-order valence-electron chi connectivity index (χ3n) is 3.48. The van der Waals surface area contributed by atoms with Crippen molar-refractivity contribution in [1.29, 1.82) is 0 Å². The zero-order chi connectivity index (χ0) is 17.3. The number of aromatic nitrogens is 1. The smallest absolute Gasteiger partial charge is 0.255 e. The summed E-state index contributed by atoms with van der Waals surface area (Å²) < 4.78 is 15.8. The van der Waals surface area contributed by atoms with Gasteiger partial charge in [-0.1, -0.05) is 11.6 Å². The molecule has 1 N–H and O–H groups in total. The van der Waals surface area contributed by atoms with Gasteiger partial charge in [-0.25, -0.2) is 4.98 Å². The summed E-state index contributed by atoms with van der Waals surface area (Å²) in [7, 11) is 3.00. The van der Waals surface area contributed by atoms with Crippen LogP contribution in [0.4, 0.5) is 5.69 Å². The van der Waals surface area contributed by atoms with Gasteiger partial charge in [-0.15, -0.1) is 0 Å². The first kappa shape index (κ1) is 16.1. The Bertz CT molecular complexity index is 920. The fourth-order valence-electron chi connectivity index (χ4n) is 2.34. The molecule has 1 heterocycles. The number of anilines is 1. The Balaban J connectivity index is 1.92. The van der Waals surface area contributed by atoms with Crippen LogP contribution in [-0.4, -0.2) is 25.1 Å². The number of rotatable bonds is 4. The van der Waals surface area contributed by atoms with Crippen LogP contribution >= 0.6 is 11.6 Å². The first-order valence-electron chi connectivity index (χ1n) is 7.12. The quantitative estimate of drug-likeness (QED) is 0.771. The number of halogens is 1. The molecule has 0 aliphatic rings. The lowest BCUT2D eigenvalue weighted by molar-refractivity contribution is 0.102. The second-order valence-corrected chi connectivity index (χ2v) is 5.46. The number of ether oxygens (including phenoxy) is 2. The first-order valence-corrected chi connectivity index (χ1v) is 7.49. The second kappa shape index (κ2) is 6.41. The van der Waals surface area contributed by atoms with E-state index in [2.05, 4.69) is 10.3 Å². The summed E-state index contributed by atoms with van der Waals surface area (Å²) >= 11 is 6.07. The number of fused-ring (bicyclic) bond motifs is 1. The summed E-state index contributed by atoms with van der Waals surface area (Å²) in [5, 5.41) is 3.19. The lowest BCUT2D eigenvalue weighted by Gasteiger charge is -2.13. The Labute approximate surface area is 143 Å².